The Hall–Kier alpha value is -1.75. The Kier molecular flexibility index (Phi) is 7.56. The van der Waals surface area contributed by atoms with Crippen molar-refractivity contribution in [2.45, 2.75) is 13.0 Å². The van der Waals surface area contributed by atoms with Gasteiger partial charge in [-0.15, -0.1) is 0 Å². The lowest BCUT2D eigenvalue weighted by atomic mass is 10.1. The van der Waals surface area contributed by atoms with Gasteiger partial charge in [0, 0.05) is 13.1 Å². The molecule has 2 aromatic rings. The highest BCUT2D eigenvalue weighted by molar-refractivity contribution is 6.42. The van der Waals surface area contributed by atoms with E-state index in [4.69, 9.17) is 27.9 Å². The van der Waals surface area contributed by atoms with Crippen molar-refractivity contribution in [3.63, 3.8) is 0 Å². The van der Waals surface area contributed by atoms with Gasteiger partial charge >= 0.3 is 0 Å². The van der Waals surface area contributed by atoms with Crippen LogP contribution in [0.5, 0.6) is 5.75 Å². The lowest BCUT2D eigenvalue weighted by Crippen LogP contribution is -2.35. The molecule has 0 atom stereocenters. The van der Waals surface area contributed by atoms with Crippen molar-refractivity contribution in [1.82, 2.24) is 10.2 Å². The highest BCUT2D eigenvalue weighted by Gasteiger charge is 2.11. The van der Waals surface area contributed by atoms with Crippen LogP contribution in [-0.2, 0) is 17.8 Å². The fourth-order valence-electron chi connectivity index (χ4n) is 2.56. The molecule has 0 aromatic heterocycles. The minimum absolute atomic E-state index is 0.0319. The number of amides is 1. The van der Waals surface area contributed by atoms with Crippen LogP contribution in [0.25, 0.3) is 0 Å². The van der Waals surface area contributed by atoms with Gasteiger partial charge in [-0.05, 0) is 36.7 Å². The summed E-state index contributed by atoms with van der Waals surface area (Å²) in [5.41, 5.74) is 1.97. The van der Waals surface area contributed by atoms with Crippen LogP contribution in [0.3, 0.4) is 0 Å². The summed E-state index contributed by atoms with van der Waals surface area (Å²) in [6, 6.07) is 13.3. The molecule has 4 nitrogen and oxygen atoms in total. The maximum Gasteiger partial charge on any atom is 0.234 e. The molecule has 0 heterocycles. The second-order valence-electron chi connectivity index (χ2n) is 5.80. The summed E-state index contributed by atoms with van der Waals surface area (Å²) in [5.74, 6) is 0.806. The Morgan fingerprint density at radius 2 is 1.84 bits per heavy atom. The normalized spacial score (nSPS) is 10.8. The molecule has 1 N–H and O–H groups in total. The summed E-state index contributed by atoms with van der Waals surface area (Å²) < 4.78 is 5.31. The Morgan fingerprint density at radius 1 is 1.12 bits per heavy atom. The fraction of sp³-hybridized carbons (Fsp3) is 0.316. The van der Waals surface area contributed by atoms with Crippen LogP contribution >= 0.6 is 23.2 Å². The Morgan fingerprint density at radius 3 is 2.60 bits per heavy atom. The number of hydrogen-bond acceptors (Lipinski definition) is 3. The Labute approximate surface area is 158 Å². The summed E-state index contributed by atoms with van der Waals surface area (Å²) in [4.78, 5) is 14.0. The van der Waals surface area contributed by atoms with Crippen LogP contribution < -0.4 is 10.1 Å². The highest BCUT2D eigenvalue weighted by Crippen LogP contribution is 2.26. The van der Waals surface area contributed by atoms with E-state index in [1.54, 1.807) is 13.2 Å². The van der Waals surface area contributed by atoms with Gasteiger partial charge in [0.2, 0.25) is 5.91 Å². The molecule has 0 saturated carbocycles. The van der Waals surface area contributed by atoms with Crippen molar-refractivity contribution >= 4 is 29.1 Å². The molecule has 134 valence electrons. The zero-order chi connectivity index (χ0) is 18.2. The zero-order valence-corrected chi connectivity index (χ0v) is 15.9. The van der Waals surface area contributed by atoms with Crippen molar-refractivity contribution in [2.24, 2.45) is 0 Å². The minimum atomic E-state index is -0.0319. The van der Waals surface area contributed by atoms with Gasteiger partial charge in [0.15, 0.2) is 0 Å². The number of halogens is 2. The van der Waals surface area contributed by atoms with E-state index in [1.165, 1.54) is 0 Å². The number of benzene rings is 2. The van der Waals surface area contributed by atoms with Gasteiger partial charge in [-0.1, -0.05) is 53.5 Å². The summed E-state index contributed by atoms with van der Waals surface area (Å²) >= 11 is 12.2. The highest BCUT2D eigenvalue weighted by atomic mass is 35.5. The smallest absolute Gasteiger partial charge is 0.234 e. The number of methoxy groups -OCH3 is 1. The first kappa shape index (κ1) is 19.6. The van der Waals surface area contributed by atoms with Gasteiger partial charge in [-0.3, -0.25) is 9.69 Å². The SMILES string of the molecule is COc1ccccc1CCNC(=O)CN(C)Cc1cccc(Cl)c1Cl. The average molecular weight is 381 g/mol. The van der Waals surface area contributed by atoms with Crippen LogP contribution in [0, 0.1) is 0 Å². The number of para-hydroxylation sites is 1. The quantitative estimate of drug-likeness (QED) is 0.757. The molecule has 0 fully saturated rings. The standard InChI is InChI=1S/C19H22Cl2N2O2/c1-23(12-15-7-5-8-16(20)19(15)21)13-18(24)22-11-10-14-6-3-4-9-17(14)25-2/h3-9H,10-13H2,1-2H3,(H,22,24). The van der Waals surface area contributed by atoms with Crippen molar-refractivity contribution in [3.8, 4) is 5.75 Å². The summed E-state index contributed by atoms with van der Waals surface area (Å²) in [6.07, 6.45) is 0.722. The molecule has 0 radical (unpaired) electrons. The number of nitrogens with one attached hydrogen (secondary N) is 1. The molecule has 0 saturated heterocycles. The van der Waals surface area contributed by atoms with Crippen molar-refractivity contribution < 1.29 is 9.53 Å². The first-order valence-corrected chi connectivity index (χ1v) is 8.77. The predicted octanol–water partition coefficient (Wildman–Crippen LogP) is 3.79. The van der Waals surface area contributed by atoms with Gasteiger partial charge in [0.05, 0.1) is 23.7 Å². The van der Waals surface area contributed by atoms with E-state index in [9.17, 15) is 4.79 Å². The molecule has 1 amide bonds. The molecular formula is C19H22Cl2N2O2. The fourth-order valence-corrected chi connectivity index (χ4v) is 2.94. The molecule has 0 bridgehead atoms. The van der Waals surface area contributed by atoms with Gasteiger partial charge in [-0.25, -0.2) is 0 Å². The molecule has 0 aliphatic carbocycles. The number of rotatable bonds is 8. The maximum absolute atomic E-state index is 12.1. The largest absolute Gasteiger partial charge is 0.496 e. The van der Waals surface area contributed by atoms with Crippen LogP contribution in [0.4, 0.5) is 0 Å². The third-order valence-electron chi connectivity index (χ3n) is 3.79. The molecule has 0 unspecified atom stereocenters. The van der Waals surface area contributed by atoms with Crippen LogP contribution in [0.2, 0.25) is 10.0 Å². The Bertz CT molecular complexity index is 722. The third-order valence-corrected chi connectivity index (χ3v) is 4.65. The zero-order valence-electron chi connectivity index (χ0n) is 14.4. The molecule has 2 rings (SSSR count). The molecule has 0 aliphatic heterocycles. The van der Waals surface area contributed by atoms with Gasteiger partial charge in [0.25, 0.3) is 0 Å². The van der Waals surface area contributed by atoms with E-state index in [1.807, 2.05) is 48.3 Å². The molecule has 2 aromatic carbocycles. The van der Waals surface area contributed by atoms with Crippen LogP contribution in [-0.4, -0.2) is 38.1 Å². The van der Waals surface area contributed by atoms with E-state index >= 15 is 0 Å². The van der Waals surface area contributed by atoms with E-state index in [-0.39, 0.29) is 12.5 Å². The number of carbonyl (C=O) groups excluding carboxylic acids is 1. The number of nitrogens with zero attached hydrogens (tertiary/aromatic N) is 1. The van der Waals surface area contributed by atoms with Crippen molar-refractivity contribution in [1.29, 1.82) is 0 Å². The minimum Gasteiger partial charge on any atom is -0.496 e. The molecule has 0 spiro atoms. The molecular weight excluding hydrogens is 359 g/mol. The second kappa shape index (κ2) is 9.66. The number of carbonyl (C=O) groups is 1. The van der Waals surface area contributed by atoms with Gasteiger partial charge in [-0.2, -0.15) is 0 Å². The first-order valence-electron chi connectivity index (χ1n) is 8.01. The summed E-state index contributed by atoms with van der Waals surface area (Å²) in [6.45, 7) is 1.40. The molecule has 25 heavy (non-hydrogen) atoms. The van der Waals surface area contributed by atoms with Crippen molar-refractivity contribution in [2.75, 3.05) is 27.2 Å². The van der Waals surface area contributed by atoms with E-state index in [2.05, 4.69) is 5.32 Å². The van der Waals surface area contributed by atoms with Gasteiger partial charge < -0.3 is 10.1 Å². The third kappa shape index (κ3) is 5.92. The molecule has 0 aliphatic rings. The summed E-state index contributed by atoms with van der Waals surface area (Å²) in [5, 5.41) is 3.99. The summed E-state index contributed by atoms with van der Waals surface area (Å²) in [7, 11) is 3.52. The lowest BCUT2D eigenvalue weighted by molar-refractivity contribution is -0.122. The number of likely N-dealkylation sites (N-methyl/N-ethyl adjacent to an activating group) is 1. The lowest BCUT2D eigenvalue weighted by Gasteiger charge is -2.17. The first-order chi connectivity index (χ1) is 12.0. The average Bonchev–Trinajstić information content (AvgIpc) is 2.59. The van der Waals surface area contributed by atoms with Crippen LogP contribution in [0.1, 0.15) is 11.1 Å². The van der Waals surface area contributed by atoms with Crippen molar-refractivity contribution in [3.05, 3.63) is 63.6 Å². The van der Waals surface area contributed by atoms with Crippen LogP contribution in [0.15, 0.2) is 42.5 Å². The second-order valence-corrected chi connectivity index (χ2v) is 6.58. The van der Waals surface area contributed by atoms with E-state index in [0.717, 1.165) is 23.3 Å². The molecule has 6 heteroatoms. The topological polar surface area (TPSA) is 41.6 Å². The van der Waals surface area contributed by atoms with Gasteiger partial charge in [0.1, 0.15) is 5.75 Å². The monoisotopic (exact) mass is 380 g/mol. The number of ether oxygens (including phenoxy) is 1. The number of hydrogen-bond donors (Lipinski definition) is 1. The van der Waals surface area contributed by atoms with E-state index in [0.29, 0.717) is 23.1 Å². The maximum atomic E-state index is 12.1. The Balaban J connectivity index is 1.79. The predicted molar refractivity (Wildman–Crippen MR) is 103 cm³/mol. The van der Waals surface area contributed by atoms with E-state index < -0.39 is 0 Å².